The number of aromatic nitrogens is 2. The number of hydrogen-bond donors (Lipinski definition) is 1. The van der Waals surface area contributed by atoms with Crippen LogP contribution in [-0.2, 0) is 0 Å². The van der Waals surface area contributed by atoms with Crippen LogP contribution in [0.25, 0.3) is 0 Å². The SMILES string of the molecule is Nc1cncnc1N1CCCCC1. The van der Waals surface area contributed by atoms with E-state index in [1.54, 1.807) is 12.5 Å². The third kappa shape index (κ3) is 1.71. The van der Waals surface area contributed by atoms with E-state index in [-0.39, 0.29) is 0 Å². The lowest BCUT2D eigenvalue weighted by Crippen LogP contribution is -2.30. The molecule has 0 spiro atoms. The number of nitrogens with zero attached hydrogens (tertiary/aromatic N) is 3. The summed E-state index contributed by atoms with van der Waals surface area (Å²) in [5.74, 6) is 0.898. The number of nitrogens with two attached hydrogens (primary N) is 1. The summed E-state index contributed by atoms with van der Waals surface area (Å²) in [5.41, 5.74) is 6.47. The van der Waals surface area contributed by atoms with Crippen LogP contribution in [0.4, 0.5) is 11.5 Å². The topological polar surface area (TPSA) is 55.0 Å². The molecule has 2 N–H and O–H groups in total. The minimum atomic E-state index is 0.685. The second-order valence-corrected chi connectivity index (χ2v) is 3.35. The van der Waals surface area contributed by atoms with Crippen molar-refractivity contribution < 1.29 is 0 Å². The Balaban J connectivity index is 2.18. The van der Waals surface area contributed by atoms with Crippen LogP contribution in [0.5, 0.6) is 0 Å². The van der Waals surface area contributed by atoms with Crippen LogP contribution >= 0.6 is 0 Å². The molecule has 0 amide bonds. The molecule has 1 aromatic heterocycles. The molecule has 0 bridgehead atoms. The Morgan fingerprint density at radius 2 is 2.00 bits per heavy atom. The third-order valence-corrected chi connectivity index (χ3v) is 2.37. The number of piperidine rings is 1. The lowest BCUT2D eigenvalue weighted by atomic mass is 10.1. The normalized spacial score (nSPS) is 17.4. The van der Waals surface area contributed by atoms with Gasteiger partial charge in [-0.1, -0.05) is 0 Å². The monoisotopic (exact) mass is 178 g/mol. The first-order chi connectivity index (χ1) is 6.38. The molecule has 0 radical (unpaired) electrons. The molecular formula is C9H14N4. The quantitative estimate of drug-likeness (QED) is 0.698. The van der Waals surface area contributed by atoms with Gasteiger partial charge in [-0.05, 0) is 19.3 Å². The van der Waals surface area contributed by atoms with E-state index >= 15 is 0 Å². The standard InChI is InChI=1S/C9H14N4/c10-8-6-11-7-12-9(8)13-4-2-1-3-5-13/h6-7H,1-5,10H2. The fourth-order valence-corrected chi connectivity index (χ4v) is 1.70. The molecule has 4 heteroatoms. The summed E-state index contributed by atoms with van der Waals surface area (Å²) < 4.78 is 0. The highest BCUT2D eigenvalue weighted by atomic mass is 15.2. The maximum Gasteiger partial charge on any atom is 0.155 e. The molecule has 70 valence electrons. The third-order valence-electron chi connectivity index (χ3n) is 2.37. The zero-order valence-corrected chi connectivity index (χ0v) is 7.61. The van der Waals surface area contributed by atoms with Crippen molar-refractivity contribution in [1.29, 1.82) is 0 Å². The van der Waals surface area contributed by atoms with Gasteiger partial charge in [-0.15, -0.1) is 0 Å². The van der Waals surface area contributed by atoms with Gasteiger partial charge in [0.2, 0.25) is 0 Å². The van der Waals surface area contributed by atoms with Gasteiger partial charge in [0, 0.05) is 13.1 Å². The van der Waals surface area contributed by atoms with E-state index in [0.717, 1.165) is 18.9 Å². The predicted octanol–water partition coefficient (Wildman–Crippen LogP) is 1.05. The molecule has 1 saturated heterocycles. The van der Waals surface area contributed by atoms with E-state index in [1.807, 2.05) is 0 Å². The first kappa shape index (κ1) is 8.29. The Kier molecular flexibility index (Phi) is 2.29. The van der Waals surface area contributed by atoms with Gasteiger partial charge in [-0.2, -0.15) is 0 Å². The molecule has 1 aliphatic heterocycles. The van der Waals surface area contributed by atoms with E-state index in [1.165, 1.54) is 19.3 Å². The highest BCUT2D eigenvalue weighted by Crippen LogP contribution is 2.21. The van der Waals surface area contributed by atoms with Gasteiger partial charge in [0.1, 0.15) is 6.33 Å². The van der Waals surface area contributed by atoms with E-state index in [2.05, 4.69) is 14.9 Å². The average Bonchev–Trinajstić information content (AvgIpc) is 2.20. The van der Waals surface area contributed by atoms with Crippen molar-refractivity contribution in [2.45, 2.75) is 19.3 Å². The van der Waals surface area contributed by atoms with Gasteiger partial charge < -0.3 is 10.6 Å². The number of nitrogen functional groups attached to an aromatic ring is 1. The van der Waals surface area contributed by atoms with E-state index < -0.39 is 0 Å². The zero-order valence-electron chi connectivity index (χ0n) is 7.61. The fraction of sp³-hybridized carbons (Fsp3) is 0.556. The van der Waals surface area contributed by atoms with Crippen molar-refractivity contribution in [3.63, 3.8) is 0 Å². The molecule has 0 unspecified atom stereocenters. The smallest absolute Gasteiger partial charge is 0.155 e. The van der Waals surface area contributed by atoms with Crippen molar-refractivity contribution in [2.24, 2.45) is 0 Å². The second kappa shape index (κ2) is 3.60. The Labute approximate surface area is 77.8 Å². The molecule has 2 heterocycles. The maximum absolute atomic E-state index is 5.78. The van der Waals surface area contributed by atoms with Gasteiger partial charge in [0.15, 0.2) is 5.82 Å². The van der Waals surface area contributed by atoms with Gasteiger partial charge in [0.05, 0.1) is 11.9 Å². The van der Waals surface area contributed by atoms with E-state index in [0.29, 0.717) is 5.69 Å². The summed E-state index contributed by atoms with van der Waals surface area (Å²) in [6, 6.07) is 0. The van der Waals surface area contributed by atoms with Gasteiger partial charge in [0.25, 0.3) is 0 Å². The summed E-state index contributed by atoms with van der Waals surface area (Å²) in [7, 11) is 0. The van der Waals surface area contributed by atoms with Crippen molar-refractivity contribution in [2.75, 3.05) is 23.7 Å². The largest absolute Gasteiger partial charge is 0.394 e. The van der Waals surface area contributed by atoms with Crippen LogP contribution in [0.15, 0.2) is 12.5 Å². The first-order valence-electron chi connectivity index (χ1n) is 4.68. The molecule has 1 aliphatic rings. The molecular weight excluding hydrogens is 164 g/mol. The Morgan fingerprint density at radius 1 is 1.23 bits per heavy atom. The summed E-state index contributed by atoms with van der Waals surface area (Å²) in [6.45, 7) is 2.14. The van der Waals surface area contributed by atoms with Crippen molar-refractivity contribution in [3.05, 3.63) is 12.5 Å². The lowest BCUT2D eigenvalue weighted by molar-refractivity contribution is 0.573. The summed E-state index contributed by atoms with van der Waals surface area (Å²) in [4.78, 5) is 10.3. The zero-order chi connectivity index (χ0) is 9.10. The molecule has 2 rings (SSSR count). The minimum absolute atomic E-state index is 0.685. The minimum Gasteiger partial charge on any atom is -0.394 e. The van der Waals surface area contributed by atoms with Crippen LogP contribution < -0.4 is 10.6 Å². The molecule has 0 atom stereocenters. The van der Waals surface area contributed by atoms with Crippen molar-refractivity contribution in [3.8, 4) is 0 Å². The summed E-state index contributed by atoms with van der Waals surface area (Å²) >= 11 is 0. The fourth-order valence-electron chi connectivity index (χ4n) is 1.70. The predicted molar refractivity (Wildman–Crippen MR) is 52.5 cm³/mol. The second-order valence-electron chi connectivity index (χ2n) is 3.35. The van der Waals surface area contributed by atoms with Crippen LogP contribution in [0.1, 0.15) is 19.3 Å². The number of rotatable bonds is 1. The highest BCUT2D eigenvalue weighted by Gasteiger charge is 2.13. The molecule has 0 aliphatic carbocycles. The van der Waals surface area contributed by atoms with Gasteiger partial charge in [-0.25, -0.2) is 9.97 Å². The lowest BCUT2D eigenvalue weighted by Gasteiger charge is -2.28. The van der Waals surface area contributed by atoms with Crippen LogP contribution in [0, 0.1) is 0 Å². The molecule has 0 aromatic carbocycles. The van der Waals surface area contributed by atoms with Gasteiger partial charge in [-0.3, -0.25) is 0 Å². The Hall–Kier alpha value is -1.32. The van der Waals surface area contributed by atoms with Crippen LogP contribution in [0.2, 0.25) is 0 Å². The van der Waals surface area contributed by atoms with E-state index in [9.17, 15) is 0 Å². The number of hydrogen-bond acceptors (Lipinski definition) is 4. The molecule has 1 aromatic rings. The van der Waals surface area contributed by atoms with Crippen LogP contribution in [0.3, 0.4) is 0 Å². The molecule has 1 fully saturated rings. The molecule has 13 heavy (non-hydrogen) atoms. The van der Waals surface area contributed by atoms with E-state index in [4.69, 9.17) is 5.73 Å². The van der Waals surface area contributed by atoms with Gasteiger partial charge >= 0.3 is 0 Å². The van der Waals surface area contributed by atoms with Crippen molar-refractivity contribution in [1.82, 2.24) is 9.97 Å². The first-order valence-corrected chi connectivity index (χ1v) is 4.68. The van der Waals surface area contributed by atoms with Crippen molar-refractivity contribution >= 4 is 11.5 Å². The average molecular weight is 178 g/mol. The van der Waals surface area contributed by atoms with Crippen LogP contribution in [-0.4, -0.2) is 23.1 Å². The Bertz CT molecular complexity index is 281. The Morgan fingerprint density at radius 3 is 2.69 bits per heavy atom. The summed E-state index contributed by atoms with van der Waals surface area (Å²) in [6.07, 6.45) is 7.02. The molecule has 0 saturated carbocycles. The highest BCUT2D eigenvalue weighted by molar-refractivity contribution is 5.60. The molecule has 4 nitrogen and oxygen atoms in total. The maximum atomic E-state index is 5.78. The number of anilines is 2. The summed E-state index contributed by atoms with van der Waals surface area (Å²) in [5, 5.41) is 0.